The van der Waals surface area contributed by atoms with Crippen LogP contribution < -0.4 is 19.7 Å². The lowest BCUT2D eigenvalue weighted by molar-refractivity contribution is 0.250. The van der Waals surface area contributed by atoms with Gasteiger partial charge in [0, 0.05) is 36.0 Å². The van der Waals surface area contributed by atoms with Gasteiger partial charge in [-0.15, -0.1) is 0 Å². The van der Waals surface area contributed by atoms with E-state index in [9.17, 15) is 13.2 Å². The fraction of sp³-hybridized carbons (Fsp3) is 0.125. The zero-order valence-electron chi connectivity index (χ0n) is 19.8. The molecule has 4 rings (SSSR count). The molecule has 0 unspecified atom stereocenters. The number of ether oxygens (including phenoxy) is 1. The van der Waals surface area contributed by atoms with Crippen molar-refractivity contribution in [3.8, 4) is 16.9 Å². The summed E-state index contributed by atoms with van der Waals surface area (Å²) in [5, 5.41) is 6.53. The van der Waals surface area contributed by atoms with Crippen molar-refractivity contribution in [2.75, 3.05) is 23.8 Å². The van der Waals surface area contributed by atoms with Crippen molar-refractivity contribution in [2.45, 2.75) is 11.8 Å². The summed E-state index contributed by atoms with van der Waals surface area (Å²) in [7, 11) is -1.25. The number of urea groups is 1. The Balaban J connectivity index is 1.75. The third-order valence-electron chi connectivity index (χ3n) is 5.33. The highest BCUT2D eigenvalue weighted by Gasteiger charge is 2.25. The highest BCUT2D eigenvalue weighted by Crippen LogP contribution is 2.39. The van der Waals surface area contributed by atoms with Crippen molar-refractivity contribution in [3.63, 3.8) is 0 Å². The fourth-order valence-electron chi connectivity index (χ4n) is 3.49. The second kappa shape index (κ2) is 10.4. The van der Waals surface area contributed by atoms with Crippen LogP contribution in [0.3, 0.4) is 0 Å². The summed E-state index contributed by atoms with van der Waals surface area (Å²) in [5.41, 5.74) is 1.64. The molecule has 0 saturated carbocycles. The topological polar surface area (TPSA) is 127 Å². The van der Waals surface area contributed by atoms with Crippen LogP contribution in [0.15, 0.2) is 70.4 Å². The van der Waals surface area contributed by atoms with E-state index in [1.165, 1.54) is 44.7 Å². The van der Waals surface area contributed by atoms with E-state index in [1.807, 2.05) is 0 Å². The summed E-state index contributed by atoms with van der Waals surface area (Å²) in [6.45, 7) is 1.80. The van der Waals surface area contributed by atoms with E-state index in [0.29, 0.717) is 10.6 Å². The Morgan fingerprint density at radius 3 is 2.54 bits per heavy atom. The summed E-state index contributed by atoms with van der Waals surface area (Å²) in [6.07, 6.45) is 2.27. The normalized spacial score (nSPS) is 11.2. The molecule has 0 bridgehead atoms. The molecule has 0 aliphatic heterocycles. The van der Waals surface area contributed by atoms with Crippen molar-refractivity contribution < 1.29 is 26.9 Å². The Labute approximate surface area is 217 Å². The van der Waals surface area contributed by atoms with Gasteiger partial charge in [-0.05, 0) is 48.4 Å². The molecule has 2 heterocycles. The van der Waals surface area contributed by atoms with Crippen molar-refractivity contribution in [2.24, 2.45) is 0 Å². The molecule has 2 N–H and O–H groups in total. The number of halogens is 2. The summed E-state index contributed by atoms with van der Waals surface area (Å²) >= 11 is 6.10. The van der Waals surface area contributed by atoms with Crippen LogP contribution in [-0.4, -0.2) is 38.7 Å². The minimum atomic E-state index is -4.03. The average Bonchev–Trinajstić information content (AvgIpc) is 3.38. The molecule has 2 aromatic heterocycles. The molecule has 0 saturated heterocycles. The Hall–Kier alpha value is -4.16. The molecule has 37 heavy (non-hydrogen) atoms. The van der Waals surface area contributed by atoms with Crippen molar-refractivity contribution >= 4 is 45.0 Å². The molecular formula is C24H21ClFN5O5S. The smallest absolute Gasteiger partial charge is 0.327 e. The van der Waals surface area contributed by atoms with E-state index < -0.39 is 21.9 Å². The van der Waals surface area contributed by atoms with Crippen LogP contribution in [0.1, 0.15) is 5.56 Å². The third-order valence-corrected chi connectivity index (χ3v) is 7.10. The van der Waals surface area contributed by atoms with Gasteiger partial charge in [0.2, 0.25) is 0 Å². The summed E-state index contributed by atoms with van der Waals surface area (Å²) in [4.78, 5) is 17.9. The highest BCUT2D eigenvalue weighted by atomic mass is 35.5. The van der Waals surface area contributed by atoms with Gasteiger partial charge in [-0.2, -0.15) is 0 Å². The van der Waals surface area contributed by atoms with Gasteiger partial charge < -0.3 is 14.6 Å². The maximum absolute atomic E-state index is 15.4. The maximum atomic E-state index is 15.4. The van der Waals surface area contributed by atoms with Crippen LogP contribution in [0.2, 0.25) is 5.02 Å². The van der Waals surface area contributed by atoms with Gasteiger partial charge in [0.05, 0.1) is 12.8 Å². The molecule has 0 spiro atoms. The largest absolute Gasteiger partial charge is 0.495 e. The number of methoxy groups -OCH3 is 1. The third kappa shape index (κ3) is 5.34. The molecule has 0 radical (unpaired) electrons. The van der Waals surface area contributed by atoms with Crippen LogP contribution in [0, 0.1) is 12.7 Å². The van der Waals surface area contributed by atoms with Gasteiger partial charge in [0.1, 0.15) is 28.5 Å². The highest BCUT2D eigenvalue weighted by molar-refractivity contribution is 7.92. The average molecular weight is 546 g/mol. The molecule has 0 fully saturated rings. The van der Waals surface area contributed by atoms with Crippen molar-refractivity contribution in [1.29, 1.82) is 0 Å². The lowest BCUT2D eigenvalue weighted by Crippen LogP contribution is -2.35. The first-order valence-electron chi connectivity index (χ1n) is 10.7. The number of hydrogen-bond acceptors (Lipinski definition) is 7. The lowest BCUT2D eigenvalue weighted by atomic mass is 10.0. The minimum Gasteiger partial charge on any atom is -0.495 e. The number of rotatable bonds is 7. The number of amides is 2. The second-order valence-electron chi connectivity index (χ2n) is 7.70. The van der Waals surface area contributed by atoms with Crippen LogP contribution in [-0.2, 0) is 10.0 Å². The lowest BCUT2D eigenvalue weighted by Gasteiger charge is -2.24. The predicted octanol–water partition coefficient (Wildman–Crippen LogP) is 5.12. The summed E-state index contributed by atoms with van der Waals surface area (Å²) < 4.78 is 52.9. The predicted molar refractivity (Wildman–Crippen MR) is 136 cm³/mol. The number of aromatic nitrogens is 2. The van der Waals surface area contributed by atoms with E-state index >= 15 is 4.39 Å². The number of anilines is 3. The van der Waals surface area contributed by atoms with E-state index in [4.69, 9.17) is 16.3 Å². The Morgan fingerprint density at radius 1 is 1.16 bits per heavy atom. The van der Waals surface area contributed by atoms with Crippen LogP contribution >= 0.6 is 11.6 Å². The van der Waals surface area contributed by atoms with Gasteiger partial charge in [0.15, 0.2) is 5.82 Å². The SMILES string of the molecule is CNC(=O)N(c1ccc(S(=O)(=O)Nc2ccon2)cn1)c1cc(F)c(-c2ccc(Cl)c(C)c2)cc1OC. The summed E-state index contributed by atoms with van der Waals surface area (Å²) in [6, 6.07) is 10.9. The fourth-order valence-corrected chi connectivity index (χ4v) is 4.54. The van der Waals surface area contributed by atoms with Gasteiger partial charge >= 0.3 is 6.03 Å². The molecule has 10 nitrogen and oxygen atoms in total. The van der Waals surface area contributed by atoms with Crippen molar-refractivity contribution in [1.82, 2.24) is 15.5 Å². The first-order valence-corrected chi connectivity index (χ1v) is 12.6. The van der Waals surface area contributed by atoms with Crippen molar-refractivity contribution in [3.05, 3.63) is 77.4 Å². The first-order chi connectivity index (χ1) is 17.6. The number of nitrogens with one attached hydrogen (secondary N) is 2. The standard InChI is InChI=1S/C24H21ClFN5O5S/c1-14-10-15(4-6-18(14)25)17-11-21(35-3)20(12-19(17)26)31(24(32)27-2)23-7-5-16(13-28-23)37(33,34)30-22-8-9-36-29-22/h4-13H,1-3H3,(H,27,32)(H,29,30). The number of aryl methyl sites for hydroxylation is 1. The van der Waals surface area contributed by atoms with E-state index in [1.54, 1.807) is 25.1 Å². The first kappa shape index (κ1) is 25.9. The van der Waals surface area contributed by atoms with E-state index in [2.05, 4.69) is 24.7 Å². The van der Waals surface area contributed by atoms with Gasteiger partial charge in [-0.1, -0.05) is 22.8 Å². The van der Waals surface area contributed by atoms with E-state index in [0.717, 1.165) is 22.7 Å². The molecule has 2 amide bonds. The monoisotopic (exact) mass is 545 g/mol. The van der Waals surface area contributed by atoms with E-state index in [-0.39, 0.29) is 33.5 Å². The number of benzene rings is 2. The van der Waals surface area contributed by atoms with Crippen LogP contribution in [0.4, 0.5) is 26.5 Å². The van der Waals surface area contributed by atoms with Gasteiger partial charge in [0.25, 0.3) is 10.0 Å². The van der Waals surface area contributed by atoms with Gasteiger partial charge in [-0.3, -0.25) is 4.72 Å². The number of carbonyl (C=O) groups excluding carboxylic acids is 1. The molecule has 13 heteroatoms. The maximum Gasteiger partial charge on any atom is 0.327 e. The van der Waals surface area contributed by atoms with Gasteiger partial charge in [-0.25, -0.2) is 27.5 Å². The number of pyridine rings is 1. The molecular weight excluding hydrogens is 525 g/mol. The molecule has 0 aliphatic rings. The number of nitrogens with zero attached hydrogens (tertiary/aromatic N) is 3. The summed E-state index contributed by atoms with van der Waals surface area (Å²) in [5.74, 6) is -0.430. The Kier molecular flexibility index (Phi) is 7.32. The van der Waals surface area contributed by atoms with Crippen LogP contribution in [0.25, 0.3) is 11.1 Å². The zero-order chi connectivity index (χ0) is 26.7. The minimum absolute atomic E-state index is 0.00718. The number of sulfonamides is 1. The molecule has 0 aliphatic carbocycles. The molecule has 192 valence electrons. The molecule has 0 atom stereocenters. The second-order valence-corrected chi connectivity index (χ2v) is 9.79. The van der Waals surface area contributed by atoms with Crippen LogP contribution in [0.5, 0.6) is 5.75 Å². The Morgan fingerprint density at radius 2 is 1.95 bits per heavy atom. The quantitative estimate of drug-likeness (QED) is 0.330. The number of hydrogen-bond donors (Lipinski definition) is 2. The molecule has 2 aromatic carbocycles. The Bertz CT molecular complexity index is 1550. The zero-order valence-corrected chi connectivity index (χ0v) is 21.4. The molecule has 4 aromatic rings. The number of carbonyl (C=O) groups is 1.